The van der Waals surface area contributed by atoms with Crippen molar-refractivity contribution in [3.05, 3.63) is 94.5 Å². The minimum Gasteiger partial charge on any atom is -0.322 e. The van der Waals surface area contributed by atoms with Gasteiger partial charge >= 0.3 is 0 Å². The topological polar surface area (TPSA) is 49.4 Å². The van der Waals surface area contributed by atoms with Crippen LogP contribution in [0.4, 0.5) is 11.4 Å². The number of hydrogen-bond donors (Lipinski definition) is 1. The molecule has 4 nitrogen and oxygen atoms in total. The Labute approximate surface area is 205 Å². The first-order chi connectivity index (χ1) is 16.3. The lowest BCUT2D eigenvalue weighted by Gasteiger charge is -2.25. The fourth-order valence-electron chi connectivity index (χ4n) is 4.71. The molecule has 2 aliphatic rings. The summed E-state index contributed by atoms with van der Waals surface area (Å²) in [7, 11) is 0. The fourth-order valence-corrected chi connectivity index (χ4v) is 5.89. The van der Waals surface area contributed by atoms with Crippen molar-refractivity contribution in [2.75, 3.05) is 16.0 Å². The summed E-state index contributed by atoms with van der Waals surface area (Å²) in [5.74, 6) is 0.493. The van der Waals surface area contributed by atoms with Gasteiger partial charge in [-0.15, -0.1) is 11.8 Å². The van der Waals surface area contributed by atoms with Gasteiger partial charge in [0.05, 0.1) is 5.75 Å². The van der Waals surface area contributed by atoms with Crippen LogP contribution < -0.4 is 10.2 Å². The van der Waals surface area contributed by atoms with Crippen LogP contribution in [0.3, 0.4) is 0 Å². The molecule has 0 saturated carbocycles. The molecule has 5 heteroatoms. The Hall–Kier alpha value is -3.05. The smallest absolute Gasteiger partial charge is 0.255 e. The van der Waals surface area contributed by atoms with Crippen LogP contribution in [-0.2, 0) is 23.1 Å². The molecule has 3 aromatic rings. The standard InChI is InChI=1S/C29H30N2O2S/c1-29(2,3)23-12-7-20(8-13-23)27(33)30-24-14-9-21(10-15-24)28-31(26(32)18-34-28)25-16-11-19-5-4-6-22(19)17-25/h7-17,28H,4-6,18H2,1-3H3,(H,30,33)/t28-/m1/s1. The molecule has 174 valence electrons. The number of carbonyl (C=O) groups is 2. The van der Waals surface area contributed by atoms with Crippen molar-refractivity contribution in [3.63, 3.8) is 0 Å². The number of thioether (sulfide) groups is 1. The molecule has 0 radical (unpaired) electrons. The average Bonchev–Trinajstić information content (AvgIpc) is 3.45. The third-order valence-corrected chi connectivity index (χ3v) is 7.91. The number of nitrogens with one attached hydrogen (secondary N) is 1. The van der Waals surface area contributed by atoms with Gasteiger partial charge in [0.25, 0.3) is 5.91 Å². The van der Waals surface area contributed by atoms with E-state index in [4.69, 9.17) is 0 Å². The molecule has 2 amide bonds. The zero-order chi connectivity index (χ0) is 23.9. The average molecular weight is 471 g/mol. The molecule has 0 bridgehead atoms. The van der Waals surface area contributed by atoms with Gasteiger partial charge in [0, 0.05) is 16.9 Å². The summed E-state index contributed by atoms with van der Waals surface area (Å²) >= 11 is 1.65. The maximum atomic E-state index is 12.8. The zero-order valence-electron chi connectivity index (χ0n) is 19.9. The molecule has 0 spiro atoms. The molecule has 1 aliphatic heterocycles. The van der Waals surface area contributed by atoms with E-state index in [0.717, 1.165) is 29.8 Å². The van der Waals surface area contributed by atoms with Crippen molar-refractivity contribution in [2.24, 2.45) is 0 Å². The molecule has 1 aliphatic carbocycles. The van der Waals surface area contributed by atoms with Gasteiger partial charge in [-0.2, -0.15) is 0 Å². The summed E-state index contributed by atoms with van der Waals surface area (Å²) in [5, 5.41) is 2.93. The molecular formula is C29H30N2O2S. The second kappa shape index (κ2) is 8.95. The minimum absolute atomic E-state index is 0.0537. The highest BCUT2D eigenvalue weighted by Gasteiger charge is 2.34. The van der Waals surface area contributed by atoms with E-state index in [-0.39, 0.29) is 22.6 Å². The molecule has 34 heavy (non-hydrogen) atoms. The van der Waals surface area contributed by atoms with Gasteiger partial charge in [-0.1, -0.05) is 51.1 Å². The van der Waals surface area contributed by atoms with Crippen molar-refractivity contribution in [1.29, 1.82) is 0 Å². The van der Waals surface area contributed by atoms with Gasteiger partial charge in [-0.25, -0.2) is 0 Å². The lowest BCUT2D eigenvalue weighted by molar-refractivity contribution is -0.115. The molecule has 1 atom stereocenters. The Kier molecular flexibility index (Phi) is 5.98. The van der Waals surface area contributed by atoms with Crippen LogP contribution in [-0.4, -0.2) is 17.6 Å². The maximum Gasteiger partial charge on any atom is 0.255 e. The van der Waals surface area contributed by atoms with E-state index < -0.39 is 0 Å². The molecule has 1 N–H and O–H groups in total. The zero-order valence-corrected chi connectivity index (χ0v) is 20.7. The van der Waals surface area contributed by atoms with E-state index in [1.165, 1.54) is 23.1 Å². The highest BCUT2D eigenvalue weighted by Crippen LogP contribution is 2.43. The SMILES string of the molecule is CC(C)(C)c1ccc(C(=O)Nc2ccc([C@H]3SCC(=O)N3c3ccc4c(c3)CCC4)cc2)cc1. The third-order valence-electron chi connectivity index (χ3n) is 6.69. The maximum absolute atomic E-state index is 12.8. The van der Waals surface area contributed by atoms with E-state index >= 15 is 0 Å². The second-order valence-corrected chi connectivity index (χ2v) is 11.2. The van der Waals surface area contributed by atoms with Crippen molar-refractivity contribution in [2.45, 2.75) is 50.8 Å². The third kappa shape index (κ3) is 4.49. The number of fused-ring (bicyclic) bond motifs is 1. The molecule has 0 aromatic heterocycles. The molecular weight excluding hydrogens is 440 g/mol. The second-order valence-electron chi connectivity index (χ2n) is 10.1. The normalized spacial score (nSPS) is 17.7. The first-order valence-corrected chi connectivity index (χ1v) is 12.9. The van der Waals surface area contributed by atoms with Gasteiger partial charge in [0.1, 0.15) is 5.37 Å². The number of benzene rings is 3. The molecule has 1 fully saturated rings. The van der Waals surface area contributed by atoms with Gasteiger partial charge in [0.15, 0.2) is 0 Å². The number of rotatable bonds is 4. The van der Waals surface area contributed by atoms with Crippen molar-refractivity contribution in [3.8, 4) is 0 Å². The predicted octanol–water partition coefficient (Wildman–Crippen LogP) is 6.50. The highest BCUT2D eigenvalue weighted by molar-refractivity contribution is 8.00. The number of aryl methyl sites for hydroxylation is 2. The summed E-state index contributed by atoms with van der Waals surface area (Å²) in [4.78, 5) is 27.4. The largest absolute Gasteiger partial charge is 0.322 e. The van der Waals surface area contributed by atoms with Gasteiger partial charge in [0.2, 0.25) is 5.91 Å². The van der Waals surface area contributed by atoms with Crippen molar-refractivity contribution >= 4 is 35.0 Å². The predicted molar refractivity (Wildman–Crippen MR) is 141 cm³/mol. The highest BCUT2D eigenvalue weighted by atomic mass is 32.2. The van der Waals surface area contributed by atoms with Crippen LogP contribution in [0.25, 0.3) is 0 Å². The summed E-state index contributed by atoms with van der Waals surface area (Å²) < 4.78 is 0. The molecule has 1 saturated heterocycles. The summed E-state index contributed by atoms with van der Waals surface area (Å²) in [6.07, 6.45) is 3.42. The fraction of sp³-hybridized carbons (Fsp3) is 0.310. The number of carbonyl (C=O) groups excluding carboxylic acids is 2. The minimum atomic E-state index is -0.126. The summed E-state index contributed by atoms with van der Waals surface area (Å²) in [6, 6.07) is 22.1. The number of nitrogens with zero attached hydrogens (tertiary/aromatic N) is 1. The monoisotopic (exact) mass is 470 g/mol. The van der Waals surface area contributed by atoms with Crippen LogP contribution in [0, 0.1) is 0 Å². The molecule has 3 aromatic carbocycles. The van der Waals surface area contributed by atoms with Crippen molar-refractivity contribution < 1.29 is 9.59 Å². The van der Waals surface area contributed by atoms with E-state index in [9.17, 15) is 9.59 Å². The van der Waals surface area contributed by atoms with E-state index in [2.05, 4.69) is 44.3 Å². The van der Waals surface area contributed by atoms with Crippen molar-refractivity contribution in [1.82, 2.24) is 0 Å². The Morgan fingerprint density at radius 2 is 1.65 bits per heavy atom. The van der Waals surface area contributed by atoms with Crippen LogP contribution in [0.1, 0.15) is 65.2 Å². The van der Waals surface area contributed by atoms with Crippen LogP contribution in [0.5, 0.6) is 0 Å². The Balaban J connectivity index is 1.30. The molecule has 0 unspecified atom stereocenters. The Bertz CT molecular complexity index is 1230. The first kappa shape index (κ1) is 22.7. The summed E-state index contributed by atoms with van der Waals surface area (Å²) in [6.45, 7) is 6.47. The van der Waals surface area contributed by atoms with Crippen LogP contribution in [0.2, 0.25) is 0 Å². The molecule has 1 heterocycles. The van der Waals surface area contributed by atoms with Gasteiger partial charge < -0.3 is 5.32 Å². The first-order valence-electron chi connectivity index (χ1n) is 11.9. The number of anilines is 2. The van der Waals surface area contributed by atoms with E-state index in [1.807, 2.05) is 53.4 Å². The lowest BCUT2D eigenvalue weighted by atomic mass is 9.87. The molecule has 5 rings (SSSR count). The van der Waals surface area contributed by atoms with Crippen LogP contribution in [0.15, 0.2) is 66.7 Å². The number of hydrogen-bond acceptors (Lipinski definition) is 3. The van der Waals surface area contributed by atoms with Gasteiger partial charge in [-0.05, 0) is 83.3 Å². The van der Waals surface area contributed by atoms with Gasteiger partial charge in [-0.3, -0.25) is 14.5 Å². The Morgan fingerprint density at radius 1 is 0.941 bits per heavy atom. The quantitative estimate of drug-likeness (QED) is 0.473. The number of amides is 2. The van der Waals surface area contributed by atoms with E-state index in [0.29, 0.717) is 11.3 Å². The lowest BCUT2D eigenvalue weighted by Crippen LogP contribution is -2.27. The van der Waals surface area contributed by atoms with Crippen LogP contribution >= 0.6 is 11.8 Å². The van der Waals surface area contributed by atoms with E-state index in [1.54, 1.807) is 11.8 Å². The Morgan fingerprint density at radius 3 is 2.35 bits per heavy atom. The summed E-state index contributed by atoms with van der Waals surface area (Å²) in [5.41, 5.74) is 7.45.